The van der Waals surface area contributed by atoms with Crippen molar-refractivity contribution < 1.29 is 8.42 Å². The summed E-state index contributed by atoms with van der Waals surface area (Å²) in [5.41, 5.74) is 1.32. The van der Waals surface area contributed by atoms with Crippen molar-refractivity contribution in [1.82, 2.24) is 10.2 Å². The van der Waals surface area contributed by atoms with Crippen LogP contribution in [0.4, 0.5) is 0 Å². The van der Waals surface area contributed by atoms with Gasteiger partial charge in [0.25, 0.3) is 0 Å². The molecule has 2 fully saturated rings. The van der Waals surface area contributed by atoms with Gasteiger partial charge in [0, 0.05) is 31.7 Å². The van der Waals surface area contributed by atoms with Crippen LogP contribution in [0.5, 0.6) is 0 Å². The predicted octanol–water partition coefficient (Wildman–Crippen LogP) is 1.46. The molecule has 0 amide bonds. The molecule has 1 N–H and O–H groups in total. The zero-order valence-corrected chi connectivity index (χ0v) is 13.3. The molecule has 4 nitrogen and oxygen atoms in total. The third-order valence-electron chi connectivity index (χ3n) is 4.61. The van der Waals surface area contributed by atoms with Crippen LogP contribution in [0.3, 0.4) is 0 Å². The van der Waals surface area contributed by atoms with E-state index in [1.807, 2.05) is 6.07 Å². The number of nitrogens with one attached hydrogen (secondary N) is 1. The summed E-state index contributed by atoms with van der Waals surface area (Å²) in [5, 5.41) is 3.54. The third-order valence-corrected chi connectivity index (χ3v) is 6.45. The number of benzene rings is 1. The van der Waals surface area contributed by atoms with Gasteiger partial charge in [-0.15, -0.1) is 0 Å². The van der Waals surface area contributed by atoms with Crippen molar-refractivity contribution in [1.29, 1.82) is 0 Å². The predicted molar refractivity (Wildman–Crippen MR) is 85.0 cm³/mol. The first-order chi connectivity index (χ1) is 10.0. The van der Waals surface area contributed by atoms with Crippen LogP contribution in [-0.2, 0) is 9.84 Å². The minimum absolute atomic E-state index is 0.298. The van der Waals surface area contributed by atoms with Crippen molar-refractivity contribution >= 4 is 9.84 Å². The number of hydrogen-bond donors (Lipinski definition) is 1. The second kappa shape index (κ2) is 6.07. The van der Waals surface area contributed by atoms with E-state index in [1.54, 1.807) is 0 Å². The maximum atomic E-state index is 11.7. The fourth-order valence-electron chi connectivity index (χ4n) is 3.54. The maximum absolute atomic E-state index is 11.7. The summed E-state index contributed by atoms with van der Waals surface area (Å²) >= 11 is 0. The van der Waals surface area contributed by atoms with E-state index in [2.05, 4.69) is 41.4 Å². The summed E-state index contributed by atoms with van der Waals surface area (Å²) in [4.78, 5) is 2.47. The summed E-state index contributed by atoms with van der Waals surface area (Å²) in [6.07, 6.45) is 0.822. The minimum Gasteiger partial charge on any atom is -0.311 e. The van der Waals surface area contributed by atoms with E-state index in [-0.39, 0.29) is 0 Å². The Kier molecular flexibility index (Phi) is 4.33. The Balaban J connectivity index is 1.73. The van der Waals surface area contributed by atoms with Gasteiger partial charge in [-0.2, -0.15) is 0 Å². The highest BCUT2D eigenvalue weighted by molar-refractivity contribution is 7.91. The van der Waals surface area contributed by atoms with Crippen LogP contribution in [0.15, 0.2) is 30.3 Å². The van der Waals surface area contributed by atoms with Gasteiger partial charge in [0.15, 0.2) is 9.84 Å². The van der Waals surface area contributed by atoms with Gasteiger partial charge in [-0.1, -0.05) is 30.3 Å². The summed E-state index contributed by atoms with van der Waals surface area (Å²) in [5.74, 6) is 1.04. The lowest BCUT2D eigenvalue weighted by Crippen LogP contribution is -2.52. The Bertz CT molecular complexity index is 573. The molecule has 1 aromatic carbocycles. The molecule has 21 heavy (non-hydrogen) atoms. The van der Waals surface area contributed by atoms with E-state index in [4.69, 9.17) is 0 Å². The van der Waals surface area contributed by atoms with Crippen LogP contribution >= 0.6 is 0 Å². The van der Waals surface area contributed by atoms with Crippen LogP contribution in [-0.4, -0.2) is 50.5 Å². The van der Waals surface area contributed by atoms with Gasteiger partial charge < -0.3 is 5.32 Å². The normalized spacial score (nSPS) is 33.1. The second-order valence-corrected chi connectivity index (χ2v) is 8.69. The Labute approximate surface area is 127 Å². The highest BCUT2D eigenvalue weighted by atomic mass is 32.2. The summed E-state index contributed by atoms with van der Waals surface area (Å²) in [7, 11) is -2.78. The Morgan fingerprint density at radius 2 is 2.05 bits per heavy atom. The van der Waals surface area contributed by atoms with Gasteiger partial charge in [-0.3, -0.25) is 4.90 Å². The first-order valence-corrected chi connectivity index (χ1v) is 9.58. The van der Waals surface area contributed by atoms with Crippen LogP contribution < -0.4 is 5.32 Å². The van der Waals surface area contributed by atoms with Crippen molar-refractivity contribution in [2.24, 2.45) is 5.92 Å². The Morgan fingerprint density at radius 1 is 1.29 bits per heavy atom. The van der Waals surface area contributed by atoms with Gasteiger partial charge in [0.2, 0.25) is 0 Å². The minimum atomic E-state index is -2.78. The molecule has 0 bridgehead atoms. The van der Waals surface area contributed by atoms with Crippen molar-refractivity contribution in [3.8, 4) is 0 Å². The zero-order chi connectivity index (χ0) is 14.9. The third kappa shape index (κ3) is 3.65. The van der Waals surface area contributed by atoms with Crippen LogP contribution in [0.2, 0.25) is 0 Å². The van der Waals surface area contributed by atoms with Gasteiger partial charge in [0.1, 0.15) is 0 Å². The molecule has 0 aromatic heterocycles. The molecule has 2 heterocycles. The van der Waals surface area contributed by atoms with Crippen molar-refractivity contribution in [3.05, 3.63) is 35.9 Å². The molecule has 3 unspecified atom stereocenters. The molecule has 2 saturated heterocycles. The van der Waals surface area contributed by atoms with E-state index in [0.29, 0.717) is 29.5 Å². The fraction of sp³-hybridized carbons (Fsp3) is 0.625. The molecular weight excluding hydrogens is 284 g/mol. The van der Waals surface area contributed by atoms with Gasteiger partial charge in [-0.05, 0) is 24.8 Å². The van der Waals surface area contributed by atoms with Crippen molar-refractivity contribution in [3.63, 3.8) is 0 Å². The number of rotatable bonds is 3. The first kappa shape index (κ1) is 15.0. The number of hydrogen-bond acceptors (Lipinski definition) is 4. The summed E-state index contributed by atoms with van der Waals surface area (Å²) in [6.45, 7) is 5.01. The van der Waals surface area contributed by atoms with E-state index in [0.717, 1.165) is 26.1 Å². The molecule has 1 aromatic rings. The summed E-state index contributed by atoms with van der Waals surface area (Å²) < 4.78 is 23.3. The fourth-order valence-corrected chi connectivity index (χ4v) is 5.39. The zero-order valence-electron chi connectivity index (χ0n) is 12.5. The second-order valence-electron chi connectivity index (χ2n) is 6.46. The lowest BCUT2D eigenvalue weighted by molar-refractivity contribution is 0.118. The number of piperazine rings is 1. The van der Waals surface area contributed by atoms with E-state index < -0.39 is 9.84 Å². The Hall–Kier alpha value is -0.910. The van der Waals surface area contributed by atoms with Crippen LogP contribution in [0.1, 0.15) is 24.9 Å². The van der Waals surface area contributed by atoms with Gasteiger partial charge in [0.05, 0.1) is 11.5 Å². The molecule has 0 saturated carbocycles. The standard InChI is InChI=1S/C16H24N2O2S/c1-13-10-18(11-14-7-8-21(19,20)12-14)16(9-17-13)15-5-3-2-4-6-15/h2-6,13-14,16-17H,7-12H2,1H3. The molecule has 5 heteroatoms. The van der Waals surface area contributed by atoms with Crippen LogP contribution in [0.25, 0.3) is 0 Å². The topological polar surface area (TPSA) is 49.4 Å². The molecule has 0 radical (unpaired) electrons. The quantitative estimate of drug-likeness (QED) is 0.918. The monoisotopic (exact) mass is 308 g/mol. The van der Waals surface area contributed by atoms with Gasteiger partial charge >= 0.3 is 0 Å². The largest absolute Gasteiger partial charge is 0.311 e. The molecule has 0 aliphatic carbocycles. The molecule has 2 aliphatic heterocycles. The average Bonchev–Trinajstić information content (AvgIpc) is 2.79. The Morgan fingerprint density at radius 3 is 2.71 bits per heavy atom. The lowest BCUT2D eigenvalue weighted by Gasteiger charge is -2.40. The van der Waals surface area contributed by atoms with E-state index in [1.165, 1.54) is 5.56 Å². The maximum Gasteiger partial charge on any atom is 0.150 e. The molecular formula is C16H24N2O2S. The average molecular weight is 308 g/mol. The molecule has 116 valence electrons. The van der Waals surface area contributed by atoms with Gasteiger partial charge in [-0.25, -0.2) is 8.42 Å². The first-order valence-electron chi connectivity index (χ1n) is 7.76. The summed E-state index contributed by atoms with van der Waals surface area (Å²) in [6, 6.07) is 11.3. The highest BCUT2D eigenvalue weighted by Gasteiger charge is 2.33. The lowest BCUT2D eigenvalue weighted by atomic mass is 9.99. The van der Waals surface area contributed by atoms with Crippen molar-refractivity contribution in [2.45, 2.75) is 25.4 Å². The SMILES string of the molecule is CC1CN(CC2CCS(=O)(=O)C2)C(c2ccccc2)CN1. The molecule has 3 rings (SSSR count). The number of nitrogens with zero attached hydrogens (tertiary/aromatic N) is 1. The molecule has 3 atom stereocenters. The highest BCUT2D eigenvalue weighted by Crippen LogP contribution is 2.27. The van der Waals surface area contributed by atoms with Crippen LogP contribution in [0, 0.1) is 5.92 Å². The van der Waals surface area contributed by atoms with E-state index in [9.17, 15) is 8.42 Å². The van der Waals surface area contributed by atoms with E-state index >= 15 is 0 Å². The molecule has 2 aliphatic rings. The smallest absolute Gasteiger partial charge is 0.150 e. The number of sulfone groups is 1. The van der Waals surface area contributed by atoms with Crippen molar-refractivity contribution in [2.75, 3.05) is 31.1 Å². The molecule has 0 spiro atoms.